The van der Waals surface area contributed by atoms with E-state index in [9.17, 15) is 9.18 Å². The standard InChI is InChI=1S/C27H26FN3O2/c1-3-33-25-14-19(9-12-23(25)18-5-4-6-21(28)13-18)27(32)31(2)16-20-10-11-22(17-7-8-17)24-15-29-30-26(20)24/h4-6,9-15,17H,3,7-8,16H2,1-2H3,(H,29,30). The summed E-state index contributed by atoms with van der Waals surface area (Å²) in [6, 6.07) is 16.0. The quantitative estimate of drug-likeness (QED) is 0.386. The number of nitrogens with zero attached hydrogens (tertiary/aromatic N) is 2. The van der Waals surface area contributed by atoms with E-state index in [4.69, 9.17) is 4.74 Å². The molecule has 0 atom stereocenters. The number of rotatable bonds is 7. The van der Waals surface area contributed by atoms with Crippen LogP contribution in [0.4, 0.5) is 4.39 Å². The zero-order valence-electron chi connectivity index (χ0n) is 18.8. The fourth-order valence-corrected chi connectivity index (χ4v) is 4.37. The van der Waals surface area contributed by atoms with Crippen LogP contribution in [0.5, 0.6) is 5.75 Å². The lowest BCUT2D eigenvalue weighted by Gasteiger charge is -2.19. The van der Waals surface area contributed by atoms with Crippen LogP contribution in [0.3, 0.4) is 0 Å². The number of H-pyrrole nitrogens is 1. The largest absolute Gasteiger partial charge is 0.493 e. The highest BCUT2D eigenvalue weighted by molar-refractivity contribution is 5.96. The Balaban J connectivity index is 1.41. The molecule has 0 spiro atoms. The molecular weight excluding hydrogens is 417 g/mol. The number of carbonyl (C=O) groups excluding carboxylic acids is 1. The van der Waals surface area contributed by atoms with Gasteiger partial charge in [-0.15, -0.1) is 0 Å². The van der Waals surface area contributed by atoms with Gasteiger partial charge in [-0.25, -0.2) is 4.39 Å². The Morgan fingerprint density at radius 2 is 2.03 bits per heavy atom. The summed E-state index contributed by atoms with van der Waals surface area (Å²) >= 11 is 0. The van der Waals surface area contributed by atoms with Crippen molar-refractivity contribution in [3.05, 3.63) is 83.3 Å². The third-order valence-corrected chi connectivity index (χ3v) is 6.17. The van der Waals surface area contributed by atoms with Gasteiger partial charge in [0.1, 0.15) is 11.6 Å². The Morgan fingerprint density at radius 1 is 1.18 bits per heavy atom. The maximum atomic E-state index is 13.7. The molecule has 0 radical (unpaired) electrons. The van der Waals surface area contributed by atoms with Crippen molar-refractivity contribution in [1.29, 1.82) is 0 Å². The minimum Gasteiger partial charge on any atom is -0.493 e. The Bertz CT molecular complexity index is 1330. The van der Waals surface area contributed by atoms with Gasteiger partial charge in [0.2, 0.25) is 0 Å². The van der Waals surface area contributed by atoms with Crippen LogP contribution in [0.1, 0.15) is 47.2 Å². The molecule has 1 saturated carbocycles. The molecule has 5 nitrogen and oxygen atoms in total. The van der Waals surface area contributed by atoms with Gasteiger partial charge < -0.3 is 9.64 Å². The minimum absolute atomic E-state index is 0.110. The minimum atomic E-state index is -0.312. The maximum Gasteiger partial charge on any atom is 0.254 e. The summed E-state index contributed by atoms with van der Waals surface area (Å²) in [7, 11) is 1.79. The van der Waals surface area contributed by atoms with Crippen LogP contribution in [0.25, 0.3) is 22.0 Å². The fraction of sp³-hybridized carbons (Fsp3) is 0.259. The summed E-state index contributed by atoms with van der Waals surface area (Å²) in [5, 5.41) is 8.51. The summed E-state index contributed by atoms with van der Waals surface area (Å²) < 4.78 is 19.5. The van der Waals surface area contributed by atoms with Gasteiger partial charge >= 0.3 is 0 Å². The van der Waals surface area contributed by atoms with Crippen LogP contribution in [0, 0.1) is 5.82 Å². The van der Waals surface area contributed by atoms with Crippen LogP contribution in [-0.4, -0.2) is 34.7 Å². The van der Waals surface area contributed by atoms with E-state index < -0.39 is 0 Å². The number of carbonyl (C=O) groups is 1. The zero-order valence-corrected chi connectivity index (χ0v) is 18.8. The number of hydrogen-bond acceptors (Lipinski definition) is 3. The molecule has 1 aliphatic rings. The van der Waals surface area contributed by atoms with Gasteiger partial charge in [-0.3, -0.25) is 9.89 Å². The lowest BCUT2D eigenvalue weighted by atomic mass is 10.0. The second kappa shape index (κ2) is 8.70. The van der Waals surface area contributed by atoms with E-state index >= 15 is 0 Å². The number of fused-ring (bicyclic) bond motifs is 1. The predicted molar refractivity (Wildman–Crippen MR) is 127 cm³/mol. The predicted octanol–water partition coefficient (Wildman–Crippen LogP) is 5.92. The molecular formula is C27H26FN3O2. The van der Waals surface area contributed by atoms with E-state index in [0.717, 1.165) is 22.0 Å². The lowest BCUT2D eigenvalue weighted by molar-refractivity contribution is 0.0785. The summed E-state index contributed by atoms with van der Waals surface area (Å²) in [6.07, 6.45) is 4.34. The van der Waals surface area contributed by atoms with Crippen LogP contribution in [0.2, 0.25) is 0 Å². The number of ether oxygens (including phenoxy) is 1. The highest BCUT2D eigenvalue weighted by Gasteiger charge is 2.26. The molecule has 0 bridgehead atoms. The van der Waals surface area contributed by atoms with Crippen LogP contribution in [0.15, 0.2) is 60.8 Å². The molecule has 0 saturated heterocycles. The van der Waals surface area contributed by atoms with Crippen molar-refractivity contribution in [3.63, 3.8) is 0 Å². The molecule has 1 heterocycles. The van der Waals surface area contributed by atoms with E-state index in [1.165, 1.54) is 30.5 Å². The molecule has 168 valence electrons. The average Bonchev–Trinajstić information content (AvgIpc) is 3.54. The molecule has 0 aliphatic heterocycles. The summed E-state index contributed by atoms with van der Waals surface area (Å²) in [6.45, 7) is 2.79. The van der Waals surface area contributed by atoms with E-state index in [1.54, 1.807) is 30.1 Å². The number of halogens is 1. The van der Waals surface area contributed by atoms with Gasteiger partial charge in [-0.05, 0) is 72.7 Å². The third-order valence-electron chi connectivity index (χ3n) is 6.17. The first kappa shape index (κ1) is 21.2. The number of hydrogen-bond donors (Lipinski definition) is 1. The Hall–Kier alpha value is -3.67. The van der Waals surface area contributed by atoms with Crippen molar-refractivity contribution in [1.82, 2.24) is 15.1 Å². The smallest absolute Gasteiger partial charge is 0.254 e. The SMILES string of the molecule is CCOc1cc(C(=O)N(C)Cc2ccc(C3CC3)c3cn[nH]c23)ccc1-c1cccc(F)c1. The average molecular weight is 444 g/mol. The summed E-state index contributed by atoms with van der Waals surface area (Å²) in [4.78, 5) is 14.9. The van der Waals surface area contributed by atoms with Crippen molar-refractivity contribution in [2.24, 2.45) is 0 Å². The molecule has 0 unspecified atom stereocenters. The number of amides is 1. The maximum absolute atomic E-state index is 13.7. The van der Waals surface area contributed by atoms with Gasteiger partial charge in [0, 0.05) is 30.1 Å². The van der Waals surface area contributed by atoms with Gasteiger partial charge in [0.05, 0.1) is 18.3 Å². The lowest BCUT2D eigenvalue weighted by Crippen LogP contribution is -2.26. The number of nitrogens with one attached hydrogen (secondary N) is 1. The fourth-order valence-electron chi connectivity index (χ4n) is 4.37. The van der Waals surface area contributed by atoms with Gasteiger partial charge in [0.15, 0.2) is 0 Å². The third kappa shape index (κ3) is 4.21. The van der Waals surface area contributed by atoms with E-state index in [0.29, 0.717) is 35.9 Å². The molecule has 33 heavy (non-hydrogen) atoms. The molecule has 1 fully saturated rings. The first-order valence-electron chi connectivity index (χ1n) is 11.3. The van der Waals surface area contributed by atoms with Gasteiger partial charge in [-0.1, -0.05) is 24.3 Å². The van der Waals surface area contributed by atoms with Gasteiger partial charge in [0.25, 0.3) is 5.91 Å². The van der Waals surface area contributed by atoms with Crippen molar-refractivity contribution < 1.29 is 13.9 Å². The van der Waals surface area contributed by atoms with E-state index in [-0.39, 0.29) is 11.7 Å². The first-order valence-corrected chi connectivity index (χ1v) is 11.3. The molecule has 1 N–H and O–H groups in total. The summed E-state index contributed by atoms with van der Waals surface area (Å²) in [5.41, 5.74) is 5.36. The molecule has 3 aromatic carbocycles. The van der Waals surface area contributed by atoms with Crippen LogP contribution >= 0.6 is 0 Å². The van der Waals surface area contributed by atoms with Crippen molar-refractivity contribution in [2.75, 3.05) is 13.7 Å². The van der Waals surface area contributed by atoms with Gasteiger partial charge in [-0.2, -0.15) is 5.10 Å². The molecule has 5 rings (SSSR count). The monoisotopic (exact) mass is 443 g/mol. The number of aromatic amines is 1. The second-order valence-electron chi connectivity index (χ2n) is 8.56. The Morgan fingerprint density at radius 3 is 2.79 bits per heavy atom. The Kier molecular flexibility index (Phi) is 5.58. The number of aromatic nitrogens is 2. The topological polar surface area (TPSA) is 58.2 Å². The van der Waals surface area contributed by atoms with Crippen molar-refractivity contribution in [2.45, 2.75) is 32.2 Å². The van der Waals surface area contributed by atoms with Crippen LogP contribution < -0.4 is 4.74 Å². The summed E-state index contributed by atoms with van der Waals surface area (Å²) in [5.74, 6) is 0.771. The van der Waals surface area contributed by atoms with Crippen LogP contribution in [-0.2, 0) is 6.54 Å². The highest BCUT2D eigenvalue weighted by atomic mass is 19.1. The molecule has 6 heteroatoms. The number of benzene rings is 3. The molecule has 1 aliphatic carbocycles. The van der Waals surface area contributed by atoms with E-state index in [1.807, 2.05) is 25.3 Å². The second-order valence-corrected chi connectivity index (χ2v) is 8.56. The normalized spacial score (nSPS) is 13.3. The zero-order chi connectivity index (χ0) is 22.9. The molecule has 4 aromatic rings. The highest BCUT2D eigenvalue weighted by Crippen LogP contribution is 2.43. The molecule has 1 aromatic heterocycles. The van der Waals surface area contributed by atoms with Crippen molar-refractivity contribution >= 4 is 16.8 Å². The Labute approximate surface area is 192 Å². The van der Waals surface area contributed by atoms with Crippen molar-refractivity contribution in [3.8, 4) is 16.9 Å². The van der Waals surface area contributed by atoms with E-state index in [2.05, 4.69) is 22.3 Å². The first-order chi connectivity index (χ1) is 16.0. The molecule has 1 amide bonds.